The fourth-order valence-corrected chi connectivity index (χ4v) is 2.06. The van der Waals surface area contributed by atoms with Crippen LogP contribution in [-0.2, 0) is 11.3 Å². The molecule has 90 valence electrons. The number of fused-ring (bicyclic) bond motifs is 1. The van der Waals surface area contributed by atoms with E-state index >= 15 is 0 Å². The summed E-state index contributed by atoms with van der Waals surface area (Å²) in [5.74, 6) is 0.0439. The van der Waals surface area contributed by atoms with E-state index in [1.165, 1.54) is 10.9 Å². The standard InChI is InChI=1S/C13H15BrN2O/c14-10-13(17)15-7-3-8-16-9-6-11-4-1-2-5-12(11)16/h1-2,4-6,9H,3,7-8,10H2,(H,15,17). The first kappa shape index (κ1) is 12.2. The van der Waals surface area contributed by atoms with Crippen molar-refractivity contribution in [2.24, 2.45) is 0 Å². The molecule has 2 rings (SSSR count). The molecule has 17 heavy (non-hydrogen) atoms. The maximum Gasteiger partial charge on any atom is 0.230 e. The molecule has 1 amide bonds. The van der Waals surface area contributed by atoms with Crippen LogP contribution in [0.25, 0.3) is 10.9 Å². The summed E-state index contributed by atoms with van der Waals surface area (Å²) in [4.78, 5) is 11.0. The molecule has 1 heterocycles. The summed E-state index contributed by atoms with van der Waals surface area (Å²) in [6, 6.07) is 10.4. The van der Waals surface area contributed by atoms with Gasteiger partial charge in [-0.25, -0.2) is 0 Å². The normalized spacial score (nSPS) is 10.6. The minimum Gasteiger partial charge on any atom is -0.355 e. The summed E-state index contributed by atoms with van der Waals surface area (Å²) in [6.07, 6.45) is 3.04. The fraction of sp³-hybridized carbons (Fsp3) is 0.308. The molecule has 0 radical (unpaired) electrons. The molecule has 0 unspecified atom stereocenters. The van der Waals surface area contributed by atoms with Gasteiger partial charge in [0.05, 0.1) is 5.33 Å². The molecule has 0 aliphatic carbocycles. The minimum atomic E-state index is 0.0439. The van der Waals surface area contributed by atoms with E-state index in [0.29, 0.717) is 5.33 Å². The number of amides is 1. The molecule has 2 aromatic rings. The molecule has 1 aromatic heterocycles. The van der Waals surface area contributed by atoms with Gasteiger partial charge in [0, 0.05) is 24.8 Å². The molecule has 0 bridgehead atoms. The molecule has 1 N–H and O–H groups in total. The van der Waals surface area contributed by atoms with Crippen LogP contribution in [0.15, 0.2) is 36.5 Å². The molecule has 0 spiro atoms. The van der Waals surface area contributed by atoms with Gasteiger partial charge in [-0.1, -0.05) is 34.1 Å². The Morgan fingerprint density at radius 1 is 1.29 bits per heavy atom. The molecule has 0 aliphatic heterocycles. The van der Waals surface area contributed by atoms with Crippen LogP contribution < -0.4 is 5.32 Å². The van der Waals surface area contributed by atoms with Gasteiger partial charge in [0.15, 0.2) is 0 Å². The lowest BCUT2D eigenvalue weighted by molar-refractivity contribution is -0.118. The smallest absolute Gasteiger partial charge is 0.230 e. The number of aryl methyl sites for hydroxylation is 1. The molecule has 0 fully saturated rings. The maximum absolute atomic E-state index is 11.0. The Balaban J connectivity index is 1.89. The lowest BCUT2D eigenvalue weighted by Gasteiger charge is -2.06. The monoisotopic (exact) mass is 294 g/mol. The van der Waals surface area contributed by atoms with E-state index in [1.54, 1.807) is 0 Å². The highest BCUT2D eigenvalue weighted by Gasteiger charge is 2.00. The van der Waals surface area contributed by atoms with Crippen molar-refractivity contribution in [2.45, 2.75) is 13.0 Å². The highest BCUT2D eigenvalue weighted by molar-refractivity contribution is 9.09. The molecular formula is C13H15BrN2O. The highest BCUT2D eigenvalue weighted by Crippen LogP contribution is 2.14. The van der Waals surface area contributed by atoms with Crippen molar-refractivity contribution in [1.82, 2.24) is 9.88 Å². The molecule has 1 aromatic carbocycles. The first-order valence-corrected chi connectivity index (χ1v) is 6.80. The first-order valence-electron chi connectivity index (χ1n) is 5.68. The maximum atomic E-state index is 11.0. The number of nitrogens with one attached hydrogen (secondary N) is 1. The van der Waals surface area contributed by atoms with Gasteiger partial charge in [0.25, 0.3) is 0 Å². The summed E-state index contributed by atoms with van der Waals surface area (Å²) < 4.78 is 2.22. The molecule has 0 aliphatic rings. The SMILES string of the molecule is O=C(CBr)NCCCn1ccc2ccccc21. The van der Waals surface area contributed by atoms with Crippen LogP contribution in [0.1, 0.15) is 6.42 Å². The zero-order valence-electron chi connectivity index (χ0n) is 9.53. The number of carbonyl (C=O) groups is 1. The van der Waals surface area contributed by atoms with Gasteiger partial charge in [-0.2, -0.15) is 0 Å². The van der Waals surface area contributed by atoms with E-state index in [4.69, 9.17) is 0 Å². The number of carbonyl (C=O) groups excluding carboxylic acids is 1. The third-order valence-electron chi connectivity index (χ3n) is 2.70. The van der Waals surface area contributed by atoms with Crippen molar-refractivity contribution in [3.8, 4) is 0 Å². The van der Waals surface area contributed by atoms with Crippen molar-refractivity contribution < 1.29 is 4.79 Å². The van der Waals surface area contributed by atoms with Gasteiger partial charge in [-0.3, -0.25) is 4.79 Å². The van der Waals surface area contributed by atoms with Gasteiger partial charge in [0.1, 0.15) is 0 Å². The van der Waals surface area contributed by atoms with Crippen LogP contribution in [0.3, 0.4) is 0 Å². The molecule has 0 saturated heterocycles. The van der Waals surface area contributed by atoms with Crippen LogP contribution in [-0.4, -0.2) is 22.3 Å². The van der Waals surface area contributed by atoms with Crippen LogP contribution in [0.5, 0.6) is 0 Å². The Bertz CT molecular complexity index is 507. The summed E-state index contributed by atoms with van der Waals surface area (Å²) in [7, 11) is 0. The zero-order chi connectivity index (χ0) is 12.1. The number of alkyl halides is 1. The molecular weight excluding hydrogens is 280 g/mol. The largest absolute Gasteiger partial charge is 0.355 e. The van der Waals surface area contributed by atoms with Crippen molar-refractivity contribution >= 4 is 32.7 Å². The summed E-state index contributed by atoms with van der Waals surface area (Å²) in [6.45, 7) is 1.65. The zero-order valence-corrected chi connectivity index (χ0v) is 11.1. The molecule has 0 saturated carbocycles. The number of hydrogen-bond acceptors (Lipinski definition) is 1. The van der Waals surface area contributed by atoms with E-state index in [9.17, 15) is 4.79 Å². The lowest BCUT2D eigenvalue weighted by Crippen LogP contribution is -2.25. The Hall–Kier alpha value is -1.29. The number of hydrogen-bond donors (Lipinski definition) is 1. The quantitative estimate of drug-likeness (QED) is 0.667. The predicted octanol–water partition coefficient (Wildman–Crippen LogP) is 2.54. The van der Waals surface area contributed by atoms with E-state index in [2.05, 4.69) is 50.2 Å². The predicted molar refractivity (Wildman–Crippen MR) is 73.4 cm³/mol. The van der Waals surface area contributed by atoms with Crippen molar-refractivity contribution in [3.05, 3.63) is 36.5 Å². The lowest BCUT2D eigenvalue weighted by atomic mass is 10.2. The second kappa shape index (κ2) is 5.87. The Morgan fingerprint density at radius 2 is 2.12 bits per heavy atom. The fourth-order valence-electron chi connectivity index (χ4n) is 1.86. The van der Waals surface area contributed by atoms with Crippen molar-refractivity contribution in [2.75, 3.05) is 11.9 Å². The van der Waals surface area contributed by atoms with Gasteiger partial charge in [0.2, 0.25) is 5.91 Å². The Kier molecular flexibility index (Phi) is 4.20. The Morgan fingerprint density at radius 3 is 2.94 bits per heavy atom. The van der Waals surface area contributed by atoms with Gasteiger partial charge >= 0.3 is 0 Å². The Labute approximate surface area is 109 Å². The van der Waals surface area contributed by atoms with E-state index in [0.717, 1.165) is 19.5 Å². The average molecular weight is 295 g/mol. The second-order valence-corrected chi connectivity index (χ2v) is 4.47. The number of para-hydroxylation sites is 1. The number of benzene rings is 1. The number of halogens is 1. The van der Waals surface area contributed by atoms with Crippen LogP contribution in [0.4, 0.5) is 0 Å². The number of aromatic nitrogens is 1. The average Bonchev–Trinajstić information content (AvgIpc) is 2.78. The third-order valence-corrected chi connectivity index (χ3v) is 3.21. The first-order chi connectivity index (χ1) is 8.31. The molecule has 0 atom stereocenters. The number of rotatable bonds is 5. The minimum absolute atomic E-state index is 0.0439. The van der Waals surface area contributed by atoms with E-state index < -0.39 is 0 Å². The summed E-state index contributed by atoms with van der Waals surface area (Å²) >= 11 is 3.12. The van der Waals surface area contributed by atoms with Crippen LogP contribution in [0, 0.1) is 0 Å². The number of nitrogens with zero attached hydrogens (tertiary/aromatic N) is 1. The summed E-state index contributed by atoms with van der Waals surface area (Å²) in [5.41, 5.74) is 1.25. The topological polar surface area (TPSA) is 34.0 Å². The van der Waals surface area contributed by atoms with Crippen LogP contribution in [0.2, 0.25) is 0 Å². The molecule has 4 heteroatoms. The highest BCUT2D eigenvalue weighted by atomic mass is 79.9. The van der Waals surface area contributed by atoms with Crippen molar-refractivity contribution in [3.63, 3.8) is 0 Å². The van der Waals surface area contributed by atoms with Crippen LogP contribution >= 0.6 is 15.9 Å². The van der Waals surface area contributed by atoms with E-state index in [-0.39, 0.29) is 5.91 Å². The van der Waals surface area contributed by atoms with E-state index in [1.807, 2.05) is 12.1 Å². The third kappa shape index (κ3) is 3.09. The van der Waals surface area contributed by atoms with Gasteiger partial charge < -0.3 is 9.88 Å². The second-order valence-electron chi connectivity index (χ2n) is 3.91. The summed E-state index contributed by atoms with van der Waals surface area (Å²) in [5, 5.41) is 4.48. The molecule has 3 nitrogen and oxygen atoms in total. The van der Waals surface area contributed by atoms with Gasteiger partial charge in [-0.05, 0) is 23.9 Å². The van der Waals surface area contributed by atoms with Gasteiger partial charge in [-0.15, -0.1) is 0 Å². The van der Waals surface area contributed by atoms with Crippen molar-refractivity contribution in [1.29, 1.82) is 0 Å².